The van der Waals surface area contributed by atoms with Crippen LogP contribution in [0.3, 0.4) is 0 Å². The fourth-order valence-electron chi connectivity index (χ4n) is 2.78. The van der Waals surface area contributed by atoms with Crippen LogP contribution in [0.5, 0.6) is 17.2 Å². The van der Waals surface area contributed by atoms with E-state index in [1.54, 1.807) is 14.2 Å². The summed E-state index contributed by atoms with van der Waals surface area (Å²) in [4.78, 5) is 11.2. The van der Waals surface area contributed by atoms with E-state index in [4.69, 9.17) is 18.9 Å². The summed E-state index contributed by atoms with van der Waals surface area (Å²) < 4.78 is 22.1. The Bertz CT molecular complexity index is 800. The van der Waals surface area contributed by atoms with Gasteiger partial charge in [-0.1, -0.05) is 0 Å². The summed E-state index contributed by atoms with van der Waals surface area (Å²) in [5.41, 5.74) is 3.66. The number of ether oxygens (including phenoxy) is 4. The lowest BCUT2D eigenvalue weighted by Gasteiger charge is -2.17. The molecular formula is C22H26O5. The van der Waals surface area contributed by atoms with E-state index in [9.17, 15) is 4.79 Å². The van der Waals surface area contributed by atoms with Gasteiger partial charge in [-0.25, -0.2) is 0 Å². The van der Waals surface area contributed by atoms with Gasteiger partial charge in [0.1, 0.15) is 35.9 Å². The second-order valence-electron chi connectivity index (χ2n) is 6.18. The number of rotatable bonds is 9. The summed E-state index contributed by atoms with van der Waals surface area (Å²) in [6, 6.07) is 9.43. The topological polar surface area (TPSA) is 54.0 Å². The molecule has 0 saturated heterocycles. The summed E-state index contributed by atoms with van der Waals surface area (Å²) in [6.45, 7) is 6.87. The number of allylic oxidation sites excluding steroid dienone is 1. The summed E-state index contributed by atoms with van der Waals surface area (Å²) in [5, 5.41) is 0. The van der Waals surface area contributed by atoms with Crippen LogP contribution in [0.2, 0.25) is 0 Å². The zero-order chi connectivity index (χ0) is 19.8. The molecule has 0 spiro atoms. The van der Waals surface area contributed by atoms with Gasteiger partial charge in [-0.15, -0.1) is 0 Å². The first-order valence-electron chi connectivity index (χ1n) is 8.71. The van der Waals surface area contributed by atoms with Crippen molar-refractivity contribution in [1.29, 1.82) is 0 Å². The van der Waals surface area contributed by atoms with Crippen LogP contribution in [0.1, 0.15) is 22.3 Å². The number of hydrogen-bond acceptors (Lipinski definition) is 5. The van der Waals surface area contributed by atoms with Crippen molar-refractivity contribution >= 4 is 12.0 Å². The molecule has 0 fully saturated rings. The summed E-state index contributed by atoms with van der Waals surface area (Å²) in [7, 11) is 3.26. The van der Waals surface area contributed by atoms with Gasteiger partial charge >= 0.3 is 0 Å². The van der Waals surface area contributed by atoms with Gasteiger partial charge in [-0.3, -0.25) is 4.79 Å². The lowest BCUT2D eigenvalue weighted by molar-refractivity contribution is -0.104. The van der Waals surface area contributed by atoms with E-state index in [0.29, 0.717) is 24.7 Å². The van der Waals surface area contributed by atoms with Gasteiger partial charge in [-0.2, -0.15) is 0 Å². The van der Waals surface area contributed by atoms with Gasteiger partial charge in [0, 0.05) is 18.7 Å². The molecular weight excluding hydrogens is 344 g/mol. The number of carbonyl (C=O) groups excluding carboxylic acids is 1. The van der Waals surface area contributed by atoms with Crippen LogP contribution >= 0.6 is 0 Å². The van der Waals surface area contributed by atoms with Crippen LogP contribution < -0.4 is 14.2 Å². The van der Waals surface area contributed by atoms with Gasteiger partial charge < -0.3 is 18.9 Å². The molecule has 0 bridgehead atoms. The molecule has 0 unspecified atom stereocenters. The summed E-state index contributed by atoms with van der Waals surface area (Å²) in [5.74, 6) is 2.72. The predicted molar refractivity (Wildman–Crippen MR) is 106 cm³/mol. The van der Waals surface area contributed by atoms with Crippen molar-refractivity contribution in [3.05, 3.63) is 58.7 Å². The van der Waals surface area contributed by atoms with E-state index >= 15 is 0 Å². The molecule has 0 amide bonds. The van der Waals surface area contributed by atoms with E-state index in [-0.39, 0.29) is 0 Å². The van der Waals surface area contributed by atoms with Gasteiger partial charge in [-0.05, 0) is 67.8 Å². The van der Waals surface area contributed by atoms with Gasteiger partial charge in [0.05, 0.1) is 13.7 Å². The summed E-state index contributed by atoms with van der Waals surface area (Å²) in [6.07, 6.45) is 2.14. The second-order valence-corrected chi connectivity index (χ2v) is 6.18. The minimum atomic E-state index is 0.480. The molecule has 5 heteroatoms. The minimum absolute atomic E-state index is 0.480. The highest BCUT2D eigenvalue weighted by atomic mass is 16.5. The van der Waals surface area contributed by atoms with Crippen LogP contribution in [-0.4, -0.2) is 33.7 Å². The van der Waals surface area contributed by atoms with Crippen molar-refractivity contribution in [2.75, 3.05) is 27.4 Å². The van der Waals surface area contributed by atoms with Crippen LogP contribution in [0.25, 0.3) is 5.76 Å². The number of hydrogen-bond donors (Lipinski definition) is 0. The van der Waals surface area contributed by atoms with E-state index in [1.165, 1.54) is 6.08 Å². The molecule has 0 aliphatic rings. The quantitative estimate of drug-likeness (QED) is 0.286. The van der Waals surface area contributed by atoms with Crippen molar-refractivity contribution < 1.29 is 23.7 Å². The maximum absolute atomic E-state index is 11.2. The monoisotopic (exact) mass is 370 g/mol. The third-order valence-corrected chi connectivity index (χ3v) is 4.10. The molecule has 5 nitrogen and oxygen atoms in total. The van der Waals surface area contributed by atoms with Crippen LogP contribution in [0.4, 0.5) is 0 Å². The van der Waals surface area contributed by atoms with Crippen molar-refractivity contribution in [3.63, 3.8) is 0 Å². The first kappa shape index (κ1) is 20.5. The Hall–Kier alpha value is -2.79. The normalized spacial score (nSPS) is 11.2. The van der Waals surface area contributed by atoms with Crippen LogP contribution in [-0.2, 0) is 9.53 Å². The molecule has 27 heavy (non-hydrogen) atoms. The van der Waals surface area contributed by atoms with Gasteiger partial charge in [0.25, 0.3) is 0 Å². The number of aryl methyl sites for hydroxylation is 3. The molecule has 2 aromatic rings. The first-order valence-corrected chi connectivity index (χ1v) is 8.71. The molecule has 0 saturated carbocycles. The molecule has 0 aliphatic heterocycles. The Balaban J connectivity index is 2.31. The zero-order valence-electron chi connectivity index (χ0n) is 16.5. The Morgan fingerprint density at radius 2 is 1.67 bits per heavy atom. The van der Waals surface area contributed by atoms with Crippen molar-refractivity contribution in [2.45, 2.75) is 20.8 Å². The number of carbonyl (C=O) groups is 1. The lowest BCUT2D eigenvalue weighted by Crippen LogP contribution is -2.07. The highest BCUT2D eigenvalue weighted by molar-refractivity contribution is 5.80. The standard InChI is InChI=1S/C22H26O5/c1-15-14-19(25-5)6-7-20(15)27-21(8-9-23)18-12-16(2)22(17(3)13-18)26-11-10-24-4/h6-9,12-14H,10-11H2,1-5H3/b21-8-. The molecule has 2 rings (SSSR count). The smallest absolute Gasteiger partial charge is 0.146 e. The Morgan fingerprint density at radius 1 is 0.963 bits per heavy atom. The molecule has 144 valence electrons. The first-order chi connectivity index (χ1) is 13.0. The molecule has 0 N–H and O–H groups in total. The molecule has 0 aromatic heterocycles. The molecule has 0 aliphatic carbocycles. The van der Waals surface area contributed by atoms with Crippen LogP contribution in [0, 0.1) is 20.8 Å². The van der Waals surface area contributed by atoms with E-state index in [0.717, 1.165) is 40.0 Å². The largest absolute Gasteiger partial charge is 0.497 e. The Morgan fingerprint density at radius 3 is 2.22 bits per heavy atom. The summed E-state index contributed by atoms with van der Waals surface area (Å²) >= 11 is 0. The van der Waals surface area contributed by atoms with Crippen LogP contribution in [0.15, 0.2) is 36.4 Å². The van der Waals surface area contributed by atoms with E-state index < -0.39 is 0 Å². The Labute approximate surface area is 160 Å². The molecule has 0 heterocycles. The average molecular weight is 370 g/mol. The maximum Gasteiger partial charge on any atom is 0.146 e. The average Bonchev–Trinajstić information content (AvgIpc) is 2.64. The highest BCUT2D eigenvalue weighted by Gasteiger charge is 2.13. The number of aldehydes is 1. The molecule has 2 aromatic carbocycles. The fourth-order valence-corrected chi connectivity index (χ4v) is 2.78. The number of benzene rings is 2. The maximum atomic E-state index is 11.2. The SMILES string of the molecule is COCCOc1c(C)cc(/C(=C/C=O)Oc2ccc(OC)cc2C)cc1C. The van der Waals surface area contributed by atoms with E-state index in [1.807, 2.05) is 51.1 Å². The predicted octanol–water partition coefficient (Wildman–Crippen LogP) is 4.26. The zero-order valence-corrected chi connectivity index (χ0v) is 16.5. The third kappa shape index (κ3) is 5.34. The second kappa shape index (κ2) is 9.78. The van der Waals surface area contributed by atoms with E-state index in [2.05, 4.69) is 0 Å². The Kier molecular flexibility index (Phi) is 7.44. The van der Waals surface area contributed by atoms with Gasteiger partial charge in [0.15, 0.2) is 0 Å². The van der Waals surface area contributed by atoms with Crippen molar-refractivity contribution in [1.82, 2.24) is 0 Å². The van der Waals surface area contributed by atoms with Crippen molar-refractivity contribution in [2.24, 2.45) is 0 Å². The minimum Gasteiger partial charge on any atom is -0.497 e. The molecule has 0 radical (unpaired) electrons. The van der Waals surface area contributed by atoms with Crippen molar-refractivity contribution in [3.8, 4) is 17.2 Å². The third-order valence-electron chi connectivity index (χ3n) is 4.10. The highest BCUT2D eigenvalue weighted by Crippen LogP contribution is 2.31. The molecule has 0 atom stereocenters. The number of methoxy groups -OCH3 is 2. The lowest BCUT2D eigenvalue weighted by atomic mass is 10.0. The fraction of sp³-hybridized carbons (Fsp3) is 0.318. The van der Waals surface area contributed by atoms with Gasteiger partial charge in [0.2, 0.25) is 0 Å².